The van der Waals surface area contributed by atoms with Gasteiger partial charge < -0.3 is 0 Å². The van der Waals surface area contributed by atoms with Crippen LogP contribution in [0.2, 0.25) is 0 Å². The van der Waals surface area contributed by atoms with Crippen LogP contribution in [0.1, 0.15) is 72.6 Å². The highest BCUT2D eigenvalue weighted by atomic mass is 14.4. The van der Waals surface area contributed by atoms with Crippen molar-refractivity contribution in [3.63, 3.8) is 0 Å². The summed E-state index contributed by atoms with van der Waals surface area (Å²) >= 11 is 0. The molecule has 0 aliphatic heterocycles. The normalized spacial score (nSPS) is 23.5. The lowest BCUT2D eigenvalue weighted by Gasteiger charge is -2.34. The SMILES string of the molecule is C=C(C1=C(/C(C)=C\C)CC2(CCCCC2)C1)C(C)C. The molecule has 2 aliphatic rings. The summed E-state index contributed by atoms with van der Waals surface area (Å²) in [5.41, 5.74) is 6.69. The van der Waals surface area contributed by atoms with E-state index >= 15 is 0 Å². The maximum absolute atomic E-state index is 4.40. The van der Waals surface area contributed by atoms with Crippen LogP contribution in [0.3, 0.4) is 0 Å². The molecule has 0 heteroatoms. The zero-order valence-corrected chi connectivity index (χ0v) is 13.3. The minimum atomic E-state index is 0.577. The summed E-state index contributed by atoms with van der Waals surface area (Å²) < 4.78 is 0. The molecule has 0 aromatic rings. The Morgan fingerprint density at radius 3 is 2.21 bits per heavy atom. The molecule has 2 rings (SSSR count). The second-order valence-corrected chi connectivity index (χ2v) is 7.02. The molecule has 0 N–H and O–H groups in total. The van der Waals surface area contributed by atoms with Crippen LogP contribution in [0.4, 0.5) is 0 Å². The monoisotopic (exact) mass is 258 g/mol. The average molecular weight is 258 g/mol. The molecule has 2 aliphatic carbocycles. The maximum atomic E-state index is 4.40. The molecule has 106 valence electrons. The first-order chi connectivity index (χ1) is 8.99. The average Bonchev–Trinajstić information content (AvgIpc) is 2.77. The van der Waals surface area contributed by atoms with Crippen LogP contribution in [0.25, 0.3) is 0 Å². The fourth-order valence-electron chi connectivity index (χ4n) is 3.89. The topological polar surface area (TPSA) is 0 Å². The molecule has 0 amide bonds. The number of hydrogen-bond donors (Lipinski definition) is 0. The zero-order chi connectivity index (χ0) is 14.0. The second kappa shape index (κ2) is 5.69. The summed E-state index contributed by atoms with van der Waals surface area (Å²) in [6.45, 7) is 13.4. The van der Waals surface area contributed by atoms with Gasteiger partial charge >= 0.3 is 0 Å². The molecule has 19 heavy (non-hydrogen) atoms. The maximum Gasteiger partial charge on any atom is -0.0213 e. The van der Waals surface area contributed by atoms with Gasteiger partial charge in [0, 0.05) is 0 Å². The number of rotatable bonds is 3. The highest BCUT2D eigenvalue weighted by Gasteiger charge is 2.40. The lowest BCUT2D eigenvalue weighted by molar-refractivity contribution is 0.202. The molecule has 0 aromatic heterocycles. The van der Waals surface area contributed by atoms with Gasteiger partial charge in [0.1, 0.15) is 0 Å². The van der Waals surface area contributed by atoms with Crippen LogP contribution in [0.15, 0.2) is 34.9 Å². The van der Waals surface area contributed by atoms with Crippen LogP contribution in [-0.2, 0) is 0 Å². The highest BCUT2D eigenvalue weighted by molar-refractivity contribution is 5.48. The zero-order valence-electron chi connectivity index (χ0n) is 13.3. The number of allylic oxidation sites excluding steroid dienone is 5. The lowest BCUT2D eigenvalue weighted by Crippen LogP contribution is -2.21. The first-order valence-corrected chi connectivity index (χ1v) is 8.03. The van der Waals surface area contributed by atoms with E-state index in [2.05, 4.69) is 40.3 Å². The van der Waals surface area contributed by atoms with E-state index in [0.717, 1.165) is 0 Å². The van der Waals surface area contributed by atoms with Crippen molar-refractivity contribution in [1.29, 1.82) is 0 Å². The Kier molecular flexibility index (Phi) is 4.38. The molecule has 1 spiro atoms. The molecule has 0 radical (unpaired) electrons. The van der Waals surface area contributed by atoms with Crippen molar-refractivity contribution in [3.05, 3.63) is 34.9 Å². The molecule has 0 aromatic carbocycles. The first-order valence-electron chi connectivity index (χ1n) is 8.03. The third-order valence-corrected chi connectivity index (χ3v) is 5.38. The third kappa shape index (κ3) is 2.88. The van der Waals surface area contributed by atoms with Gasteiger partial charge in [0.25, 0.3) is 0 Å². The molecule has 0 atom stereocenters. The van der Waals surface area contributed by atoms with E-state index in [1.165, 1.54) is 56.1 Å². The Morgan fingerprint density at radius 2 is 1.68 bits per heavy atom. The fourth-order valence-corrected chi connectivity index (χ4v) is 3.89. The molecule has 0 saturated heterocycles. The van der Waals surface area contributed by atoms with Gasteiger partial charge in [-0.25, -0.2) is 0 Å². The van der Waals surface area contributed by atoms with Gasteiger partial charge in [0.2, 0.25) is 0 Å². The molecular weight excluding hydrogens is 228 g/mol. The Labute approximate surface area is 119 Å². The van der Waals surface area contributed by atoms with Crippen LogP contribution < -0.4 is 0 Å². The minimum absolute atomic E-state index is 0.577. The summed E-state index contributed by atoms with van der Waals surface area (Å²) in [6, 6.07) is 0. The smallest absolute Gasteiger partial charge is 0.0213 e. The van der Waals surface area contributed by atoms with E-state index in [9.17, 15) is 0 Å². The van der Waals surface area contributed by atoms with E-state index in [-0.39, 0.29) is 0 Å². The van der Waals surface area contributed by atoms with Gasteiger partial charge in [0.05, 0.1) is 0 Å². The summed E-state index contributed by atoms with van der Waals surface area (Å²) in [7, 11) is 0. The fraction of sp³-hybridized carbons (Fsp3) is 0.684. The second-order valence-electron chi connectivity index (χ2n) is 7.02. The van der Waals surface area contributed by atoms with Gasteiger partial charge in [-0.15, -0.1) is 0 Å². The molecule has 0 heterocycles. The standard InChI is InChI=1S/C19H30/c1-6-15(4)17-12-19(10-8-7-9-11-19)13-18(17)16(5)14(2)3/h6,14H,5,7-13H2,1-4H3/b15-6-. The van der Waals surface area contributed by atoms with Gasteiger partial charge in [0.15, 0.2) is 0 Å². The van der Waals surface area contributed by atoms with E-state index in [0.29, 0.717) is 11.3 Å². The molecule has 1 saturated carbocycles. The summed E-state index contributed by atoms with van der Waals surface area (Å²) in [5.74, 6) is 0.577. The summed E-state index contributed by atoms with van der Waals surface area (Å²) in [6.07, 6.45) is 12.1. The quantitative estimate of drug-likeness (QED) is 0.565. The molecule has 0 bridgehead atoms. The van der Waals surface area contributed by atoms with Gasteiger partial charge in [-0.2, -0.15) is 0 Å². The summed E-state index contributed by atoms with van der Waals surface area (Å²) in [4.78, 5) is 0. The Morgan fingerprint density at radius 1 is 1.11 bits per heavy atom. The van der Waals surface area contributed by atoms with Crippen molar-refractivity contribution in [1.82, 2.24) is 0 Å². The Balaban J connectivity index is 2.30. The van der Waals surface area contributed by atoms with Crippen LogP contribution in [0.5, 0.6) is 0 Å². The molecule has 1 fully saturated rings. The molecular formula is C19H30. The van der Waals surface area contributed by atoms with Crippen molar-refractivity contribution in [3.8, 4) is 0 Å². The van der Waals surface area contributed by atoms with Crippen molar-refractivity contribution >= 4 is 0 Å². The molecule has 0 nitrogen and oxygen atoms in total. The van der Waals surface area contributed by atoms with E-state index < -0.39 is 0 Å². The molecule has 0 unspecified atom stereocenters. The van der Waals surface area contributed by atoms with Gasteiger partial charge in [-0.1, -0.05) is 51.3 Å². The van der Waals surface area contributed by atoms with Gasteiger partial charge in [-0.05, 0) is 67.6 Å². The van der Waals surface area contributed by atoms with Crippen molar-refractivity contribution < 1.29 is 0 Å². The predicted molar refractivity (Wildman–Crippen MR) is 85.2 cm³/mol. The van der Waals surface area contributed by atoms with Crippen LogP contribution in [0, 0.1) is 11.3 Å². The first kappa shape index (κ1) is 14.6. The van der Waals surface area contributed by atoms with Gasteiger partial charge in [-0.3, -0.25) is 0 Å². The number of hydrogen-bond acceptors (Lipinski definition) is 0. The van der Waals surface area contributed by atoms with Crippen LogP contribution in [-0.4, -0.2) is 0 Å². The van der Waals surface area contributed by atoms with E-state index in [4.69, 9.17) is 0 Å². The van der Waals surface area contributed by atoms with Crippen molar-refractivity contribution in [2.75, 3.05) is 0 Å². The third-order valence-electron chi connectivity index (χ3n) is 5.38. The van der Waals surface area contributed by atoms with E-state index in [1.807, 2.05) is 0 Å². The van der Waals surface area contributed by atoms with Crippen LogP contribution >= 0.6 is 0 Å². The Bertz CT molecular complexity index is 411. The summed E-state index contributed by atoms with van der Waals surface area (Å²) in [5, 5.41) is 0. The van der Waals surface area contributed by atoms with Crippen molar-refractivity contribution in [2.45, 2.75) is 72.6 Å². The highest BCUT2D eigenvalue weighted by Crippen LogP contribution is 2.54. The predicted octanol–water partition coefficient (Wildman–Crippen LogP) is 6.21. The largest absolute Gasteiger partial charge is 0.0953 e. The minimum Gasteiger partial charge on any atom is -0.0953 e. The lowest BCUT2D eigenvalue weighted by atomic mass is 9.71. The van der Waals surface area contributed by atoms with E-state index in [1.54, 1.807) is 11.1 Å². The van der Waals surface area contributed by atoms with Crippen molar-refractivity contribution in [2.24, 2.45) is 11.3 Å². The Hall–Kier alpha value is -0.780.